The van der Waals surface area contributed by atoms with E-state index >= 15 is 0 Å². The first-order chi connectivity index (χ1) is 9.02. The number of nitrogens with zero attached hydrogens (tertiary/aromatic N) is 2. The highest BCUT2D eigenvalue weighted by molar-refractivity contribution is 6.00. The molecular formula is C12H16N3O4+. The van der Waals surface area contributed by atoms with Crippen molar-refractivity contribution in [2.45, 2.75) is 31.5 Å². The van der Waals surface area contributed by atoms with E-state index in [9.17, 15) is 19.8 Å². The Morgan fingerprint density at radius 2 is 2.37 bits per heavy atom. The van der Waals surface area contributed by atoms with Crippen molar-refractivity contribution in [1.29, 1.82) is 0 Å². The summed E-state index contributed by atoms with van der Waals surface area (Å²) < 4.78 is 0. The Morgan fingerprint density at radius 1 is 1.63 bits per heavy atom. The summed E-state index contributed by atoms with van der Waals surface area (Å²) in [6.07, 6.45) is 1.43. The number of aliphatic carboxylic acids is 1. The topological polar surface area (TPSA) is 107 Å². The van der Waals surface area contributed by atoms with E-state index in [1.165, 1.54) is 4.90 Å². The summed E-state index contributed by atoms with van der Waals surface area (Å²) >= 11 is 0. The third kappa shape index (κ3) is 1.62. The molecule has 3 rings (SSSR count). The van der Waals surface area contributed by atoms with Crippen LogP contribution in [0.4, 0.5) is 0 Å². The molecule has 3 heterocycles. The van der Waals surface area contributed by atoms with E-state index in [4.69, 9.17) is 0 Å². The van der Waals surface area contributed by atoms with Gasteiger partial charge in [0.25, 0.3) is 0 Å². The molecule has 7 heteroatoms. The van der Waals surface area contributed by atoms with Crippen LogP contribution in [0.25, 0.3) is 0 Å². The molecule has 0 spiro atoms. The third-order valence-electron chi connectivity index (χ3n) is 4.10. The van der Waals surface area contributed by atoms with Crippen LogP contribution in [0.1, 0.15) is 13.3 Å². The SMILES string of the molecule is CC(O)C1C(=O)N2C(C(=O)O)=C(C3C[NH2+]C=N3)CC12. The Bertz CT molecular complexity index is 511. The predicted molar refractivity (Wildman–Crippen MR) is 64.2 cm³/mol. The second-order valence-electron chi connectivity index (χ2n) is 5.21. The van der Waals surface area contributed by atoms with Gasteiger partial charge in [0, 0.05) is 0 Å². The number of aliphatic hydroxyl groups is 1. The van der Waals surface area contributed by atoms with Crippen molar-refractivity contribution in [2.24, 2.45) is 10.9 Å². The second-order valence-corrected chi connectivity index (χ2v) is 5.21. The van der Waals surface area contributed by atoms with Crippen molar-refractivity contribution < 1.29 is 25.1 Å². The maximum atomic E-state index is 12.0. The van der Waals surface area contributed by atoms with Gasteiger partial charge in [-0.25, -0.2) is 9.79 Å². The van der Waals surface area contributed by atoms with Crippen molar-refractivity contribution in [3.63, 3.8) is 0 Å². The number of β-lactam (4-membered cyclic amide) rings is 1. The van der Waals surface area contributed by atoms with Gasteiger partial charge in [0.1, 0.15) is 18.3 Å². The zero-order valence-corrected chi connectivity index (χ0v) is 10.5. The highest BCUT2D eigenvalue weighted by Crippen LogP contribution is 2.44. The van der Waals surface area contributed by atoms with Crippen LogP contribution in [0.15, 0.2) is 16.3 Å². The number of carbonyl (C=O) groups is 2. The van der Waals surface area contributed by atoms with Gasteiger partial charge in [0.2, 0.25) is 5.91 Å². The van der Waals surface area contributed by atoms with Crippen LogP contribution in [0, 0.1) is 5.92 Å². The molecule has 3 aliphatic rings. The van der Waals surface area contributed by atoms with Gasteiger partial charge >= 0.3 is 5.97 Å². The average Bonchev–Trinajstić information content (AvgIpc) is 2.92. The Balaban J connectivity index is 1.94. The van der Waals surface area contributed by atoms with Crippen molar-refractivity contribution >= 4 is 18.2 Å². The van der Waals surface area contributed by atoms with Crippen LogP contribution in [-0.4, -0.2) is 58.1 Å². The van der Waals surface area contributed by atoms with E-state index in [2.05, 4.69) is 4.99 Å². The number of amides is 1. The molecular weight excluding hydrogens is 250 g/mol. The number of carbonyl (C=O) groups excluding carboxylic acids is 1. The molecule has 4 unspecified atom stereocenters. The molecule has 0 bridgehead atoms. The molecule has 1 amide bonds. The molecule has 3 aliphatic heterocycles. The number of aliphatic imine (C=N–C) groups is 1. The van der Waals surface area contributed by atoms with Crippen LogP contribution in [0.5, 0.6) is 0 Å². The molecule has 0 aromatic rings. The lowest BCUT2D eigenvalue weighted by molar-refractivity contribution is -0.521. The Labute approximate surface area is 109 Å². The monoisotopic (exact) mass is 266 g/mol. The number of quaternary nitrogens is 1. The lowest BCUT2D eigenvalue weighted by Gasteiger charge is -2.44. The lowest BCUT2D eigenvalue weighted by Crippen LogP contribution is -2.81. The molecule has 0 aromatic heterocycles. The zero-order valence-electron chi connectivity index (χ0n) is 10.5. The molecule has 0 aromatic carbocycles. The Kier molecular flexibility index (Phi) is 2.68. The molecule has 1 saturated heterocycles. The van der Waals surface area contributed by atoms with Crippen LogP contribution < -0.4 is 5.32 Å². The maximum Gasteiger partial charge on any atom is 0.352 e. The third-order valence-corrected chi connectivity index (χ3v) is 4.10. The van der Waals surface area contributed by atoms with Gasteiger partial charge < -0.3 is 20.4 Å². The number of aliphatic hydroxyl groups excluding tert-OH is 1. The van der Waals surface area contributed by atoms with Crippen molar-refractivity contribution in [1.82, 2.24) is 4.90 Å². The summed E-state index contributed by atoms with van der Waals surface area (Å²) in [4.78, 5) is 28.9. The molecule has 7 nitrogen and oxygen atoms in total. The summed E-state index contributed by atoms with van der Waals surface area (Å²) in [5, 5.41) is 20.8. The minimum absolute atomic E-state index is 0.0735. The normalized spacial score (nSPS) is 34.5. The van der Waals surface area contributed by atoms with Crippen molar-refractivity contribution in [3.05, 3.63) is 11.3 Å². The van der Waals surface area contributed by atoms with E-state index in [0.29, 0.717) is 18.5 Å². The fourth-order valence-corrected chi connectivity index (χ4v) is 3.25. The van der Waals surface area contributed by atoms with Crippen LogP contribution in [-0.2, 0) is 9.59 Å². The van der Waals surface area contributed by atoms with E-state index in [1.807, 2.05) is 5.32 Å². The van der Waals surface area contributed by atoms with Gasteiger partial charge in [-0.2, -0.15) is 0 Å². The molecule has 0 aliphatic carbocycles. The van der Waals surface area contributed by atoms with E-state index in [0.717, 1.165) is 0 Å². The molecule has 4 N–H and O–H groups in total. The number of hydrogen-bond acceptors (Lipinski definition) is 4. The first kappa shape index (κ1) is 12.3. The second kappa shape index (κ2) is 4.14. The molecule has 0 radical (unpaired) electrons. The highest BCUT2D eigenvalue weighted by atomic mass is 16.4. The quantitative estimate of drug-likeness (QED) is 0.509. The van der Waals surface area contributed by atoms with Gasteiger partial charge in [0.05, 0.1) is 18.1 Å². The fourth-order valence-electron chi connectivity index (χ4n) is 3.25. The summed E-state index contributed by atoms with van der Waals surface area (Å²) in [5.41, 5.74) is 0.781. The van der Waals surface area contributed by atoms with Gasteiger partial charge in [-0.3, -0.25) is 4.79 Å². The van der Waals surface area contributed by atoms with Crippen molar-refractivity contribution in [3.8, 4) is 0 Å². The smallest absolute Gasteiger partial charge is 0.352 e. The highest BCUT2D eigenvalue weighted by Gasteiger charge is 2.57. The van der Waals surface area contributed by atoms with Gasteiger partial charge in [-0.1, -0.05) is 0 Å². The minimum atomic E-state index is -1.09. The van der Waals surface area contributed by atoms with Gasteiger partial charge in [0.15, 0.2) is 6.34 Å². The number of fused-ring (bicyclic) bond motifs is 1. The zero-order chi connectivity index (χ0) is 13.7. The predicted octanol–water partition coefficient (Wildman–Crippen LogP) is -2.09. The van der Waals surface area contributed by atoms with E-state index in [1.54, 1.807) is 13.3 Å². The van der Waals surface area contributed by atoms with E-state index in [-0.39, 0.29) is 23.7 Å². The van der Waals surface area contributed by atoms with Crippen LogP contribution in [0.3, 0.4) is 0 Å². The largest absolute Gasteiger partial charge is 0.477 e. The molecule has 19 heavy (non-hydrogen) atoms. The Hall–Kier alpha value is -1.73. The summed E-state index contributed by atoms with van der Waals surface area (Å²) in [7, 11) is 0. The number of hydrogen-bond donors (Lipinski definition) is 3. The van der Waals surface area contributed by atoms with Crippen molar-refractivity contribution in [2.75, 3.05) is 6.54 Å². The van der Waals surface area contributed by atoms with Gasteiger partial charge in [-0.05, 0) is 18.9 Å². The summed E-state index contributed by atoms with van der Waals surface area (Å²) in [6, 6.07) is -0.386. The number of carboxylic acid groups (broad SMARTS) is 1. The molecule has 4 atom stereocenters. The van der Waals surface area contributed by atoms with Gasteiger partial charge in [-0.15, -0.1) is 0 Å². The Morgan fingerprint density at radius 3 is 2.89 bits per heavy atom. The number of carboxylic acids is 1. The van der Waals surface area contributed by atoms with Crippen LogP contribution in [0.2, 0.25) is 0 Å². The summed E-state index contributed by atoms with van der Waals surface area (Å²) in [6.45, 7) is 2.25. The fraction of sp³-hybridized carbons (Fsp3) is 0.583. The van der Waals surface area contributed by atoms with E-state index < -0.39 is 18.0 Å². The maximum absolute atomic E-state index is 12.0. The standard InChI is InChI=1S/C12H15N3O4/c1-5(16)9-8-2-6(7-3-13-4-14-7)10(12(18)19)15(8)11(9)17/h4-5,7-9,16H,2-3H2,1H3,(H,13,14)(H,18,19)/p+1. The minimum Gasteiger partial charge on any atom is -0.477 e. The first-order valence-corrected chi connectivity index (χ1v) is 6.34. The number of rotatable bonds is 3. The first-order valence-electron chi connectivity index (χ1n) is 6.34. The lowest BCUT2D eigenvalue weighted by atomic mass is 9.82. The summed E-state index contributed by atoms with van der Waals surface area (Å²) in [5.74, 6) is -1.86. The molecule has 1 fully saturated rings. The van der Waals surface area contributed by atoms with Crippen LogP contribution >= 0.6 is 0 Å². The number of nitrogens with two attached hydrogens (primary N) is 1. The average molecular weight is 266 g/mol. The molecule has 0 saturated carbocycles. The molecule has 102 valence electrons.